The van der Waals surface area contributed by atoms with Crippen molar-refractivity contribution in [3.63, 3.8) is 0 Å². The van der Waals surface area contributed by atoms with Crippen molar-refractivity contribution in [2.45, 2.75) is 58.9 Å². The third-order valence-corrected chi connectivity index (χ3v) is 4.25. The third kappa shape index (κ3) is 3.75. The lowest BCUT2D eigenvalue weighted by Crippen LogP contribution is -2.40. The molecule has 0 unspecified atom stereocenters. The minimum atomic E-state index is -0.0619. The van der Waals surface area contributed by atoms with Crippen LogP contribution >= 0.6 is 0 Å². The Hall–Kier alpha value is -1.51. The largest absolute Gasteiger partial charge is 0.335 e. The van der Waals surface area contributed by atoms with Crippen LogP contribution in [0.5, 0.6) is 0 Å². The Bertz CT molecular complexity index is 470. The molecule has 0 heterocycles. The topological polar surface area (TPSA) is 41.1 Å². The van der Waals surface area contributed by atoms with Crippen LogP contribution in [0.3, 0.4) is 0 Å². The standard InChI is InChI=1S/C17H26N2O/c1-4-14-9-6-8-13(3)16(14)19-17(20)18-15-10-5-7-12(2)11-15/h6,8-9,12,15H,4-5,7,10-11H2,1-3H3,(H2,18,19,20)/t12-,15+/m1/s1. The van der Waals surface area contributed by atoms with Crippen molar-refractivity contribution < 1.29 is 4.79 Å². The zero-order valence-corrected chi connectivity index (χ0v) is 12.8. The number of aryl methyl sites for hydroxylation is 2. The number of para-hydroxylation sites is 1. The number of hydrogen-bond donors (Lipinski definition) is 2. The minimum absolute atomic E-state index is 0.0619. The molecule has 1 fully saturated rings. The average Bonchev–Trinajstić information content (AvgIpc) is 2.41. The summed E-state index contributed by atoms with van der Waals surface area (Å²) in [6, 6.07) is 6.42. The maximum atomic E-state index is 12.2. The highest BCUT2D eigenvalue weighted by atomic mass is 16.2. The first kappa shape index (κ1) is 14.9. The summed E-state index contributed by atoms with van der Waals surface area (Å²) in [5.41, 5.74) is 3.28. The number of rotatable bonds is 3. The van der Waals surface area contributed by atoms with Crippen LogP contribution in [0.1, 0.15) is 50.7 Å². The van der Waals surface area contributed by atoms with E-state index in [4.69, 9.17) is 0 Å². The van der Waals surface area contributed by atoms with E-state index in [0.717, 1.165) is 36.4 Å². The fourth-order valence-electron chi connectivity index (χ4n) is 3.10. The van der Waals surface area contributed by atoms with Gasteiger partial charge >= 0.3 is 6.03 Å². The average molecular weight is 274 g/mol. The quantitative estimate of drug-likeness (QED) is 0.849. The van der Waals surface area contributed by atoms with Crippen LogP contribution in [0.25, 0.3) is 0 Å². The fraction of sp³-hybridized carbons (Fsp3) is 0.588. The molecule has 1 aromatic carbocycles. The molecule has 0 bridgehead atoms. The molecule has 2 rings (SSSR count). The summed E-state index contributed by atoms with van der Waals surface area (Å²) in [5, 5.41) is 6.17. The van der Waals surface area contributed by atoms with Crippen LogP contribution in [-0.4, -0.2) is 12.1 Å². The number of nitrogens with one attached hydrogen (secondary N) is 2. The maximum absolute atomic E-state index is 12.2. The molecule has 2 amide bonds. The lowest BCUT2D eigenvalue weighted by Gasteiger charge is -2.27. The third-order valence-electron chi connectivity index (χ3n) is 4.25. The number of urea groups is 1. The van der Waals surface area contributed by atoms with Crippen LogP contribution in [0.15, 0.2) is 18.2 Å². The molecule has 110 valence electrons. The number of amides is 2. The van der Waals surface area contributed by atoms with Gasteiger partial charge in [0.2, 0.25) is 0 Å². The highest BCUT2D eigenvalue weighted by Gasteiger charge is 2.20. The number of anilines is 1. The van der Waals surface area contributed by atoms with Crippen molar-refractivity contribution >= 4 is 11.7 Å². The first-order valence-corrected chi connectivity index (χ1v) is 7.76. The van der Waals surface area contributed by atoms with E-state index in [1.165, 1.54) is 18.4 Å². The second-order valence-electron chi connectivity index (χ2n) is 6.03. The van der Waals surface area contributed by atoms with Crippen molar-refractivity contribution in [3.8, 4) is 0 Å². The molecule has 3 heteroatoms. The van der Waals surface area contributed by atoms with Gasteiger partial charge in [-0.1, -0.05) is 44.9 Å². The van der Waals surface area contributed by atoms with Crippen LogP contribution in [0, 0.1) is 12.8 Å². The monoisotopic (exact) mass is 274 g/mol. The van der Waals surface area contributed by atoms with Gasteiger partial charge in [0.1, 0.15) is 0 Å². The highest BCUT2D eigenvalue weighted by molar-refractivity contribution is 5.91. The summed E-state index contributed by atoms with van der Waals surface area (Å²) in [6.45, 7) is 6.42. The molecule has 2 N–H and O–H groups in total. The molecular formula is C17H26N2O. The van der Waals surface area contributed by atoms with Crippen LogP contribution in [0.4, 0.5) is 10.5 Å². The Balaban J connectivity index is 1.98. The summed E-state index contributed by atoms with van der Waals surface area (Å²) in [7, 11) is 0. The van der Waals surface area contributed by atoms with Gasteiger partial charge in [-0.15, -0.1) is 0 Å². The maximum Gasteiger partial charge on any atom is 0.319 e. The zero-order valence-electron chi connectivity index (χ0n) is 12.8. The van der Waals surface area contributed by atoms with E-state index < -0.39 is 0 Å². The molecule has 0 aromatic heterocycles. The van der Waals surface area contributed by atoms with E-state index in [1.807, 2.05) is 19.1 Å². The van der Waals surface area contributed by atoms with E-state index >= 15 is 0 Å². The summed E-state index contributed by atoms with van der Waals surface area (Å²) in [6.07, 6.45) is 5.64. The van der Waals surface area contributed by atoms with Gasteiger partial charge in [-0.25, -0.2) is 4.79 Å². The normalized spacial score (nSPS) is 22.4. The first-order chi connectivity index (χ1) is 9.60. The zero-order chi connectivity index (χ0) is 14.5. The molecule has 0 radical (unpaired) electrons. The van der Waals surface area contributed by atoms with Gasteiger partial charge in [0.25, 0.3) is 0 Å². The predicted molar refractivity (Wildman–Crippen MR) is 84.1 cm³/mol. The molecule has 0 aliphatic heterocycles. The smallest absolute Gasteiger partial charge is 0.319 e. The van der Waals surface area contributed by atoms with Crippen molar-refractivity contribution in [2.75, 3.05) is 5.32 Å². The van der Waals surface area contributed by atoms with E-state index in [9.17, 15) is 4.79 Å². The van der Waals surface area contributed by atoms with Gasteiger partial charge in [-0.2, -0.15) is 0 Å². The van der Waals surface area contributed by atoms with Gasteiger partial charge in [0.15, 0.2) is 0 Å². The molecule has 1 saturated carbocycles. The Morgan fingerprint density at radius 2 is 2.15 bits per heavy atom. The molecule has 3 nitrogen and oxygen atoms in total. The van der Waals surface area contributed by atoms with Gasteiger partial charge < -0.3 is 10.6 Å². The number of carbonyl (C=O) groups is 1. The number of carbonyl (C=O) groups excluding carboxylic acids is 1. The number of benzene rings is 1. The Morgan fingerprint density at radius 1 is 1.35 bits per heavy atom. The second-order valence-corrected chi connectivity index (χ2v) is 6.03. The highest BCUT2D eigenvalue weighted by Crippen LogP contribution is 2.24. The second kappa shape index (κ2) is 6.78. The number of hydrogen-bond acceptors (Lipinski definition) is 1. The SMILES string of the molecule is CCc1cccc(C)c1NC(=O)N[C@H]1CCC[C@@H](C)C1. The van der Waals surface area contributed by atoms with E-state index in [1.54, 1.807) is 0 Å². The first-order valence-electron chi connectivity index (χ1n) is 7.76. The van der Waals surface area contributed by atoms with Gasteiger partial charge in [0.05, 0.1) is 0 Å². The summed E-state index contributed by atoms with van der Waals surface area (Å²) < 4.78 is 0. The minimum Gasteiger partial charge on any atom is -0.335 e. The Morgan fingerprint density at radius 3 is 2.85 bits per heavy atom. The summed E-state index contributed by atoms with van der Waals surface area (Å²) >= 11 is 0. The fourth-order valence-corrected chi connectivity index (χ4v) is 3.10. The van der Waals surface area contributed by atoms with Crippen molar-refractivity contribution in [1.82, 2.24) is 5.32 Å². The van der Waals surface area contributed by atoms with Crippen molar-refractivity contribution in [1.29, 1.82) is 0 Å². The van der Waals surface area contributed by atoms with Crippen molar-refractivity contribution in [2.24, 2.45) is 5.92 Å². The summed E-state index contributed by atoms with van der Waals surface area (Å²) in [5.74, 6) is 0.721. The molecule has 2 atom stereocenters. The predicted octanol–water partition coefficient (Wildman–Crippen LogP) is 4.26. The van der Waals surface area contributed by atoms with Crippen LogP contribution in [0.2, 0.25) is 0 Å². The molecule has 0 saturated heterocycles. The van der Waals surface area contributed by atoms with E-state index in [2.05, 4.69) is 30.5 Å². The molecule has 0 spiro atoms. The van der Waals surface area contributed by atoms with Gasteiger partial charge in [0, 0.05) is 11.7 Å². The van der Waals surface area contributed by atoms with Crippen molar-refractivity contribution in [3.05, 3.63) is 29.3 Å². The molecule has 1 aliphatic rings. The van der Waals surface area contributed by atoms with Gasteiger partial charge in [-0.3, -0.25) is 0 Å². The Labute approximate surface area is 122 Å². The van der Waals surface area contributed by atoms with Crippen LogP contribution < -0.4 is 10.6 Å². The lowest BCUT2D eigenvalue weighted by atomic mass is 9.87. The molecule has 1 aromatic rings. The van der Waals surface area contributed by atoms with E-state index in [-0.39, 0.29) is 6.03 Å². The lowest BCUT2D eigenvalue weighted by molar-refractivity contribution is 0.238. The molecule has 1 aliphatic carbocycles. The van der Waals surface area contributed by atoms with E-state index in [0.29, 0.717) is 6.04 Å². The Kier molecular flexibility index (Phi) is 5.05. The van der Waals surface area contributed by atoms with Gasteiger partial charge in [-0.05, 0) is 43.2 Å². The van der Waals surface area contributed by atoms with Crippen LogP contribution in [-0.2, 0) is 6.42 Å². The molecular weight excluding hydrogens is 248 g/mol. The molecule has 20 heavy (non-hydrogen) atoms. The summed E-state index contributed by atoms with van der Waals surface area (Å²) in [4.78, 5) is 12.2.